The van der Waals surface area contributed by atoms with Crippen molar-refractivity contribution in [3.8, 4) is 5.75 Å². The third kappa shape index (κ3) is 3.58. The molecule has 162 valence electrons. The van der Waals surface area contributed by atoms with Crippen molar-refractivity contribution in [2.45, 2.75) is 12.0 Å². The van der Waals surface area contributed by atoms with Crippen LogP contribution in [0.3, 0.4) is 0 Å². The Morgan fingerprint density at radius 2 is 1.76 bits per heavy atom. The molecule has 7 nitrogen and oxygen atoms in total. The molecule has 1 amide bonds. The maximum absolute atomic E-state index is 12.5. The fraction of sp³-hybridized carbons (Fsp3) is 0.120. The summed E-state index contributed by atoms with van der Waals surface area (Å²) >= 11 is 1.64. The van der Waals surface area contributed by atoms with Gasteiger partial charge in [-0.25, -0.2) is 0 Å². The van der Waals surface area contributed by atoms with Gasteiger partial charge in [0.1, 0.15) is 17.7 Å². The summed E-state index contributed by atoms with van der Waals surface area (Å²) in [5.74, 6) is 1.35. The molecule has 3 aromatic carbocycles. The molecule has 6 rings (SSSR count). The molecule has 1 fully saturated rings. The molecule has 1 aliphatic rings. The SMILES string of the molecule is O=C1CSC(c2ccc(OCc3cc4ccccc4n4nnnc34)cc2)N1c1ccccc1. The minimum absolute atomic E-state index is 0.0452. The summed E-state index contributed by atoms with van der Waals surface area (Å²) in [6.07, 6.45) is 0. The van der Waals surface area contributed by atoms with E-state index >= 15 is 0 Å². The van der Waals surface area contributed by atoms with Crippen molar-refractivity contribution < 1.29 is 9.53 Å². The van der Waals surface area contributed by atoms with Crippen LogP contribution in [0, 0.1) is 0 Å². The fourth-order valence-corrected chi connectivity index (χ4v) is 5.32. The van der Waals surface area contributed by atoms with Gasteiger partial charge in [-0.3, -0.25) is 9.69 Å². The molecule has 0 N–H and O–H groups in total. The average Bonchev–Trinajstić information content (AvgIpc) is 3.51. The molecule has 0 radical (unpaired) electrons. The van der Waals surface area contributed by atoms with Crippen LogP contribution in [0.15, 0.2) is 84.9 Å². The number of thioether (sulfide) groups is 1. The van der Waals surface area contributed by atoms with Gasteiger partial charge in [0.05, 0.1) is 11.3 Å². The summed E-state index contributed by atoms with van der Waals surface area (Å²) in [5.41, 5.74) is 4.54. The van der Waals surface area contributed by atoms with Crippen LogP contribution < -0.4 is 9.64 Å². The third-order valence-electron chi connectivity index (χ3n) is 5.71. The normalized spacial score (nSPS) is 16.1. The number of nitrogens with zero attached hydrogens (tertiary/aromatic N) is 5. The van der Waals surface area contributed by atoms with Crippen molar-refractivity contribution in [3.63, 3.8) is 0 Å². The van der Waals surface area contributed by atoms with Crippen LogP contribution in [0.4, 0.5) is 5.69 Å². The summed E-state index contributed by atoms with van der Waals surface area (Å²) < 4.78 is 7.81. The van der Waals surface area contributed by atoms with Gasteiger partial charge in [0.2, 0.25) is 5.91 Å². The standard InChI is InChI=1S/C25H19N5O2S/c31-23-16-33-25(29(23)20-7-2-1-3-8-20)17-10-12-21(13-11-17)32-15-19-14-18-6-4-5-9-22(18)30-24(19)26-27-28-30/h1-14,25H,15-16H2. The number of anilines is 1. The van der Waals surface area contributed by atoms with Gasteiger partial charge in [0.25, 0.3) is 0 Å². The molecule has 1 atom stereocenters. The molecule has 2 aromatic heterocycles. The third-order valence-corrected chi connectivity index (χ3v) is 6.93. The predicted octanol–water partition coefficient (Wildman–Crippen LogP) is 4.64. The summed E-state index contributed by atoms with van der Waals surface area (Å²) in [6.45, 7) is 0.348. The number of fused-ring (bicyclic) bond motifs is 3. The first-order chi connectivity index (χ1) is 16.3. The lowest BCUT2D eigenvalue weighted by atomic mass is 10.1. The van der Waals surface area contributed by atoms with Crippen molar-refractivity contribution in [3.05, 3.63) is 96.1 Å². The van der Waals surface area contributed by atoms with E-state index < -0.39 is 0 Å². The van der Waals surface area contributed by atoms with Crippen LogP contribution in [-0.4, -0.2) is 31.7 Å². The highest BCUT2D eigenvalue weighted by atomic mass is 32.2. The van der Waals surface area contributed by atoms with E-state index in [1.165, 1.54) is 0 Å². The maximum atomic E-state index is 12.5. The molecular weight excluding hydrogens is 434 g/mol. The number of hydrogen-bond donors (Lipinski definition) is 0. The Morgan fingerprint density at radius 1 is 0.970 bits per heavy atom. The van der Waals surface area contributed by atoms with E-state index in [2.05, 4.69) is 21.6 Å². The molecule has 1 aliphatic heterocycles. The zero-order chi connectivity index (χ0) is 22.2. The molecule has 0 aliphatic carbocycles. The van der Waals surface area contributed by atoms with Gasteiger partial charge in [-0.1, -0.05) is 48.5 Å². The van der Waals surface area contributed by atoms with Crippen LogP contribution in [0.25, 0.3) is 16.6 Å². The number of tetrazole rings is 1. The van der Waals surface area contributed by atoms with Gasteiger partial charge in [-0.05, 0) is 52.4 Å². The smallest absolute Gasteiger partial charge is 0.238 e. The lowest BCUT2D eigenvalue weighted by Gasteiger charge is -2.24. The summed E-state index contributed by atoms with van der Waals surface area (Å²) in [5, 5.41) is 13.1. The highest BCUT2D eigenvalue weighted by molar-refractivity contribution is 8.00. The molecule has 0 bridgehead atoms. The number of rotatable bonds is 5. The Morgan fingerprint density at radius 3 is 2.61 bits per heavy atom. The van der Waals surface area contributed by atoms with Crippen molar-refractivity contribution in [2.75, 3.05) is 10.7 Å². The second-order valence-corrected chi connectivity index (χ2v) is 8.83. The first-order valence-corrected chi connectivity index (χ1v) is 11.6. The molecule has 0 saturated carbocycles. The van der Waals surface area contributed by atoms with Gasteiger partial charge < -0.3 is 4.74 Å². The topological polar surface area (TPSA) is 72.6 Å². The monoisotopic (exact) mass is 453 g/mol. The van der Waals surface area contributed by atoms with Crippen molar-refractivity contribution >= 4 is 39.9 Å². The molecule has 5 aromatic rings. The number of aromatic nitrogens is 4. The van der Waals surface area contributed by atoms with Gasteiger partial charge in [0.15, 0.2) is 5.65 Å². The van der Waals surface area contributed by atoms with Gasteiger partial charge in [-0.2, -0.15) is 4.52 Å². The van der Waals surface area contributed by atoms with E-state index in [0.29, 0.717) is 18.0 Å². The van der Waals surface area contributed by atoms with Gasteiger partial charge >= 0.3 is 0 Å². The lowest BCUT2D eigenvalue weighted by Crippen LogP contribution is -2.27. The van der Waals surface area contributed by atoms with Crippen molar-refractivity contribution in [2.24, 2.45) is 0 Å². The van der Waals surface area contributed by atoms with E-state index in [9.17, 15) is 4.79 Å². The van der Waals surface area contributed by atoms with Gasteiger partial charge in [0, 0.05) is 16.6 Å². The highest BCUT2D eigenvalue weighted by Crippen LogP contribution is 2.42. The molecule has 8 heteroatoms. The molecule has 1 unspecified atom stereocenters. The van der Waals surface area contributed by atoms with E-state index in [-0.39, 0.29) is 11.3 Å². The molecule has 0 spiro atoms. The highest BCUT2D eigenvalue weighted by Gasteiger charge is 2.33. The molecular formula is C25H19N5O2S. The summed E-state index contributed by atoms with van der Waals surface area (Å²) in [4.78, 5) is 14.4. The predicted molar refractivity (Wildman–Crippen MR) is 128 cm³/mol. The Hall–Kier alpha value is -3.91. The van der Waals surface area contributed by atoms with Crippen molar-refractivity contribution in [1.29, 1.82) is 0 Å². The lowest BCUT2D eigenvalue weighted by molar-refractivity contribution is -0.115. The second-order valence-electron chi connectivity index (χ2n) is 7.76. The summed E-state index contributed by atoms with van der Waals surface area (Å²) in [6, 6.07) is 27.8. The minimum Gasteiger partial charge on any atom is -0.489 e. The number of pyridine rings is 1. The average molecular weight is 454 g/mol. The quantitative estimate of drug-likeness (QED) is 0.386. The van der Waals surface area contributed by atoms with Crippen LogP contribution in [-0.2, 0) is 11.4 Å². The van der Waals surface area contributed by atoms with Crippen LogP contribution in [0.5, 0.6) is 5.75 Å². The first kappa shape index (κ1) is 19.8. The Bertz CT molecular complexity index is 1450. The molecule has 1 saturated heterocycles. The number of benzene rings is 3. The summed E-state index contributed by atoms with van der Waals surface area (Å²) in [7, 11) is 0. The zero-order valence-electron chi connectivity index (χ0n) is 17.5. The molecule has 3 heterocycles. The van der Waals surface area contributed by atoms with E-state index in [0.717, 1.165) is 33.5 Å². The number of amides is 1. The number of para-hydroxylation sites is 2. The fourth-order valence-electron chi connectivity index (χ4n) is 4.14. The van der Waals surface area contributed by atoms with Crippen molar-refractivity contribution in [1.82, 2.24) is 20.0 Å². The van der Waals surface area contributed by atoms with E-state index in [1.54, 1.807) is 16.3 Å². The largest absolute Gasteiger partial charge is 0.489 e. The Kier molecular flexibility index (Phi) is 4.92. The Balaban J connectivity index is 1.23. The first-order valence-electron chi connectivity index (χ1n) is 10.6. The van der Waals surface area contributed by atoms with Crippen LogP contribution in [0.2, 0.25) is 0 Å². The number of carbonyl (C=O) groups excluding carboxylic acids is 1. The van der Waals surface area contributed by atoms with E-state index in [4.69, 9.17) is 4.74 Å². The number of ether oxygens (including phenoxy) is 1. The zero-order valence-corrected chi connectivity index (χ0v) is 18.4. The van der Waals surface area contributed by atoms with E-state index in [1.807, 2.05) is 83.8 Å². The van der Waals surface area contributed by atoms with Gasteiger partial charge in [-0.15, -0.1) is 16.9 Å². The van der Waals surface area contributed by atoms with Crippen LogP contribution >= 0.6 is 11.8 Å². The Labute approximate surface area is 194 Å². The molecule has 33 heavy (non-hydrogen) atoms. The number of carbonyl (C=O) groups is 1. The second kappa shape index (κ2) is 8.22. The number of hydrogen-bond acceptors (Lipinski definition) is 6. The maximum Gasteiger partial charge on any atom is 0.238 e. The van der Waals surface area contributed by atoms with Crippen LogP contribution in [0.1, 0.15) is 16.5 Å². The minimum atomic E-state index is -0.0452.